The van der Waals surface area contributed by atoms with Crippen LogP contribution in [0.1, 0.15) is 24.8 Å². The van der Waals surface area contributed by atoms with Crippen LogP contribution >= 0.6 is 0 Å². The molecule has 0 saturated carbocycles. The fourth-order valence-electron chi connectivity index (χ4n) is 1.49. The average molecular weight is 262 g/mol. The highest BCUT2D eigenvalue weighted by molar-refractivity contribution is 7.89. The number of carboxylic acids is 1. The number of aryl methyl sites for hydroxylation is 2. The van der Waals surface area contributed by atoms with E-state index in [1.807, 2.05) is 0 Å². The number of nitrogens with zero attached hydrogens (tertiary/aromatic N) is 1. The summed E-state index contributed by atoms with van der Waals surface area (Å²) in [7, 11) is -3.79. The van der Waals surface area contributed by atoms with Crippen molar-refractivity contribution in [3.63, 3.8) is 0 Å². The van der Waals surface area contributed by atoms with E-state index in [9.17, 15) is 13.2 Å². The molecule has 2 N–H and O–H groups in total. The summed E-state index contributed by atoms with van der Waals surface area (Å²) in [5.74, 6) is -0.892. The van der Waals surface area contributed by atoms with Gasteiger partial charge in [0.15, 0.2) is 5.76 Å². The third-order valence-electron chi connectivity index (χ3n) is 2.07. The van der Waals surface area contributed by atoms with Gasteiger partial charge in [0, 0.05) is 6.04 Å². The number of hydrogen-bond acceptors (Lipinski definition) is 5. The summed E-state index contributed by atoms with van der Waals surface area (Å²) in [6.45, 7) is 4.47. The second kappa shape index (κ2) is 4.84. The van der Waals surface area contributed by atoms with Crippen molar-refractivity contribution in [3.05, 3.63) is 11.5 Å². The fraction of sp³-hybridized carbons (Fsp3) is 0.556. The summed E-state index contributed by atoms with van der Waals surface area (Å²) in [5, 5.41) is 12.1. The van der Waals surface area contributed by atoms with E-state index >= 15 is 0 Å². The third kappa shape index (κ3) is 3.27. The van der Waals surface area contributed by atoms with Gasteiger partial charge in [-0.1, -0.05) is 5.16 Å². The lowest BCUT2D eigenvalue weighted by Crippen LogP contribution is -2.34. The molecule has 96 valence electrons. The molecule has 17 heavy (non-hydrogen) atoms. The van der Waals surface area contributed by atoms with Crippen LogP contribution in [0.2, 0.25) is 0 Å². The molecule has 0 radical (unpaired) electrons. The quantitative estimate of drug-likeness (QED) is 0.796. The van der Waals surface area contributed by atoms with Crippen LogP contribution in [0.25, 0.3) is 0 Å². The summed E-state index contributed by atoms with van der Waals surface area (Å²) in [5.41, 5.74) is 0.248. The van der Waals surface area contributed by atoms with Crippen LogP contribution in [-0.4, -0.2) is 30.7 Å². The molecule has 0 bridgehead atoms. The Hall–Kier alpha value is -1.41. The normalized spacial score (nSPS) is 13.6. The average Bonchev–Trinajstić information content (AvgIpc) is 2.43. The van der Waals surface area contributed by atoms with Crippen molar-refractivity contribution in [3.8, 4) is 0 Å². The van der Waals surface area contributed by atoms with Crippen molar-refractivity contribution in [2.75, 3.05) is 0 Å². The SMILES string of the molecule is Cc1noc(C)c1S(=O)(=O)NC(C)CC(=O)O. The first-order valence-corrected chi connectivity index (χ1v) is 6.39. The number of aliphatic carboxylic acids is 1. The van der Waals surface area contributed by atoms with E-state index in [1.165, 1.54) is 20.8 Å². The second-order valence-corrected chi connectivity index (χ2v) is 5.42. The summed E-state index contributed by atoms with van der Waals surface area (Å²) < 4.78 is 30.9. The number of carbonyl (C=O) groups is 1. The van der Waals surface area contributed by atoms with Crippen LogP contribution in [0.4, 0.5) is 0 Å². The van der Waals surface area contributed by atoms with Crippen molar-refractivity contribution < 1.29 is 22.8 Å². The van der Waals surface area contributed by atoms with Gasteiger partial charge < -0.3 is 9.63 Å². The molecule has 1 heterocycles. The Morgan fingerprint density at radius 1 is 1.53 bits per heavy atom. The lowest BCUT2D eigenvalue weighted by atomic mass is 10.3. The topological polar surface area (TPSA) is 110 Å². The molecule has 0 spiro atoms. The maximum atomic E-state index is 11.9. The summed E-state index contributed by atoms with van der Waals surface area (Å²) >= 11 is 0. The van der Waals surface area contributed by atoms with Crippen LogP contribution in [0, 0.1) is 13.8 Å². The molecule has 8 heteroatoms. The Bertz CT molecular complexity index is 500. The largest absolute Gasteiger partial charge is 0.481 e. The predicted octanol–water partition coefficient (Wildman–Crippen LogP) is 0.433. The van der Waals surface area contributed by atoms with Crippen molar-refractivity contribution in [1.29, 1.82) is 0 Å². The fourth-order valence-corrected chi connectivity index (χ4v) is 3.06. The zero-order chi connectivity index (χ0) is 13.2. The molecule has 0 amide bonds. The lowest BCUT2D eigenvalue weighted by molar-refractivity contribution is -0.137. The molecule has 1 aromatic rings. The van der Waals surface area contributed by atoms with Gasteiger partial charge in [0.25, 0.3) is 0 Å². The van der Waals surface area contributed by atoms with E-state index in [-0.39, 0.29) is 22.8 Å². The predicted molar refractivity (Wildman–Crippen MR) is 58.0 cm³/mol. The first kappa shape index (κ1) is 13.7. The first-order chi connectivity index (χ1) is 7.74. The van der Waals surface area contributed by atoms with E-state index in [1.54, 1.807) is 0 Å². The Balaban J connectivity index is 2.94. The molecule has 0 saturated heterocycles. The van der Waals surface area contributed by atoms with Crippen LogP contribution in [0.3, 0.4) is 0 Å². The van der Waals surface area contributed by atoms with E-state index in [4.69, 9.17) is 9.63 Å². The standard InChI is InChI=1S/C9H14N2O5S/c1-5(4-8(12)13)11-17(14,15)9-6(2)10-16-7(9)3/h5,11H,4H2,1-3H3,(H,12,13). The number of nitrogens with one attached hydrogen (secondary N) is 1. The van der Waals surface area contributed by atoms with Gasteiger partial charge in [-0.2, -0.15) is 0 Å². The van der Waals surface area contributed by atoms with Crippen molar-refractivity contribution >= 4 is 16.0 Å². The molecular weight excluding hydrogens is 248 g/mol. The summed E-state index contributed by atoms with van der Waals surface area (Å²) in [6, 6.07) is -0.703. The first-order valence-electron chi connectivity index (χ1n) is 4.91. The van der Waals surface area contributed by atoms with Gasteiger partial charge in [0.1, 0.15) is 10.6 Å². The Labute approximate surface area is 98.9 Å². The van der Waals surface area contributed by atoms with Gasteiger partial charge in [-0.15, -0.1) is 0 Å². The van der Waals surface area contributed by atoms with Gasteiger partial charge in [-0.05, 0) is 20.8 Å². The minimum atomic E-state index is -3.79. The molecule has 1 rings (SSSR count). The van der Waals surface area contributed by atoms with Crippen LogP contribution in [0.5, 0.6) is 0 Å². The van der Waals surface area contributed by atoms with Crippen LogP contribution in [0.15, 0.2) is 9.42 Å². The molecule has 0 aliphatic heterocycles. The van der Waals surface area contributed by atoms with Crippen molar-refractivity contribution in [1.82, 2.24) is 9.88 Å². The Kier molecular flexibility index (Phi) is 3.89. The highest BCUT2D eigenvalue weighted by Crippen LogP contribution is 2.19. The van der Waals surface area contributed by atoms with Crippen molar-refractivity contribution in [2.24, 2.45) is 0 Å². The van der Waals surface area contributed by atoms with Gasteiger partial charge in [-0.3, -0.25) is 4.79 Å². The highest BCUT2D eigenvalue weighted by atomic mass is 32.2. The Morgan fingerprint density at radius 2 is 2.12 bits per heavy atom. The molecule has 1 atom stereocenters. The maximum absolute atomic E-state index is 11.9. The van der Waals surface area contributed by atoms with E-state index in [0.717, 1.165) is 0 Å². The lowest BCUT2D eigenvalue weighted by Gasteiger charge is -2.11. The van der Waals surface area contributed by atoms with Crippen molar-refractivity contribution in [2.45, 2.75) is 38.1 Å². The van der Waals surface area contributed by atoms with Crippen LogP contribution in [-0.2, 0) is 14.8 Å². The van der Waals surface area contributed by atoms with E-state index < -0.39 is 22.0 Å². The zero-order valence-electron chi connectivity index (χ0n) is 9.72. The summed E-state index contributed by atoms with van der Waals surface area (Å²) in [4.78, 5) is 10.4. The minimum absolute atomic E-state index is 0.0326. The van der Waals surface area contributed by atoms with E-state index in [0.29, 0.717) is 0 Å². The van der Waals surface area contributed by atoms with Gasteiger partial charge in [-0.25, -0.2) is 13.1 Å². The number of carboxylic acid groups (broad SMARTS) is 1. The smallest absolute Gasteiger partial charge is 0.304 e. The molecule has 1 unspecified atom stereocenters. The zero-order valence-corrected chi connectivity index (χ0v) is 10.5. The Morgan fingerprint density at radius 3 is 2.53 bits per heavy atom. The summed E-state index contributed by atoms with van der Waals surface area (Å²) in [6.07, 6.45) is -0.289. The second-order valence-electron chi connectivity index (χ2n) is 3.77. The number of hydrogen-bond donors (Lipinski definition) is 2. The molecule has 0 aliphatic rings. The maximum Gasteiger partial charge on any atom is 0.304 e. The monoisotopic (exact) mass is 262 g/mol. The molecule has 1 aromatic heterocycles. The molecule has 7 nitrogen and oxygen atoms in total. The highest BCUT2D eigenvalue weighted by Gasteiger charge is 2.26. The van der Waals surface area contributed by atoms with Gasteiger partial charge in [0.2, 0.25) is 10.0 Å². The number of aromatic nitrogens is 1. The molecule has 0 aromatic carbocycles. The number of sulfonamides is 1. The minimum Gasteiger partial charge on any atom is -0.481 e. The van der Waals surface area contributed by atoms with Gasteiger partial charge >= 0.3 is 5.97 Å². The molecule has 0 aliphatic carbocycles. The molecular formula is C9H14N2O5S. The third-order valence-corrected chi connectivity index (χ3v) is 3.91. The number of rotatable bonds is 5. The van der Waals surface area contributed by atoms with Crippen LogP contribution < -0.4 is 4.72 Å². The molecule has 0 fully saturated rings. The van der Waals surface area contributed by atoms with Gasteiger partial charge in [0.05, 0.1) is 6.42 Å². The van der Waals surface area contributed by atoms with E-state index in [2.05, 4.69) is 9.88 Å².